The van der Waals surface area contributed by atoms with Crippen LogP contribution in [0.2, 0.25) is 0 Å². The number of rotatable bonds is 8. The first-order valence-electron chi connectivity index (χ1n) is 10.6. The second kappa shape index (κ2) is 13.0. The fraction of sp³-hybridized carbons (Fsp3) is 0.682. The molecule has 6 heteroatoms. The zero-order valence-corrected chi connectivity index (χ0v) is 20.5. The van der Waals surface area contributed by atoms with Crippen LogP contribution < -0.4 is 10.6 Å². The molecule has 1 heterocycles. The lowest BCUT2D eigenvalue weighted by molar-refractivity contribution is 0.329. The number of halogens is 1. The van der Waals surface area contributed by atoms with Crippen LogP contribution in [0, 0.1) is 5.92 Å². The Labute approximate surface area is 192 Å². The number of hydrogen-bond donors (Lipinski definition) is 2. The topological polar surface area (TPSA) is 39.7 Å². The van der Waals surface area contributed by atoms with Crippen molar-refractivity contribution in [2.24, 2.45) is 10.9 Å². The van der Waals surface area contributed by atoms with E-state index in [-0.39, 0.29) is 24.0 Å². The predicted octanol–water partition coefficient (Wildman–Crippen LogP) is 4.01. The molecule has 2 N–H and O–H groups in total. The van der Waals surface area contributed by atoms with Gasteiger partial charge in [0, 0.05) is 37.5 Å². The highest BCUT2D eigenvalue weighted by molar-refractivity contribution is 14.0. The Morgan fingerprint density at radius 1 is 1.21 bits per heavy atom. The Hall–Kier alpha value is -0.470. The molecule has 1 saturated carbocycles. The molecule has 3 unspecified atom stereocenters. The van der Waals surface area contributed by atoms with E-state index < -0.39 is 0 Å². The summed E-state index contributed by atoms with van der Waals surface area (Å²) in [6.07, 6.45) is 8.52. The van der Waals surface area contributed by atoms with Crippen LogP contribution in [-0.2, 0) is 6.42 Å². The lowest BCUT2D eigenvalue weighted by Crippen LogP contribution is -2.43. The van der Waals surface area contributed by atoms with E-state index in [1.54, 1.807) is 0 Å². The van der Waals surface area contributed by atoms with Gasteiger partial charge >= 0.3 is 0 Å². The van der Waals surface area contributed by atoms with Crippen molar-refractivity contribution in [1.82, 2.24) is 15.5 Å². The summed E-state index contributed by atoms with van der Waals surface area (Å²) in [5.41, 5.74) is 1.44. The summed E-state index contributed by atoms with van der Waals surface area (Å²) in [7, 11) is 0. The number of benzene rings is 1. The number of nitrogens with one attached hydrogen (secondary N) is 2. The van der Waals surface area contributed by atoms with Gasteiger partial charge in [-0.05, 0) is 63.3 Å². The van der Waals surface area contributed by atoms with Crippen LogP contribution in [0.15, 0.2) is 35.3 Å². The van der Waals surface area contributed by atoms with Crippen LogP contribution in [0.3, 0.4) is 0 Å². The van der Waals surface area contributed by atoms with Crippen molar-refractivity contribution in [3.63, 3.8) is 0 Å². The van der Waals surface area contributed by atoms with Gasteiger partial charge in [-0.2, -0.15) is 11.8 Å². The summed E-state index contributed by atoms with van der Waals surface area (Å²) in [4.78, 5) is 7.53. The third-order valence-electron chi connectivity index (χ3n) is 5.84. The Bertz CT molecular complexity index is 583. The molecule has 0 aromatic heterocycles. The van der Waals surface area contributed by atoms with Gasteiger partial charge in [0.1, 0.15) is 0 Å². The molecule has 28 heavy (non-hydrogen) atoms. The van der Waals surface area contributed by atoms with Crippen molar-refractivity contribution >= 4 is 41.7 Å². The normalized spacial score (nSPS) is 25.5. The number of guanidine groups is 1. The van der Waals surface area contributed by atoms with Crippen molar-refractivity contribution in [2.75, 3.05) is 39.0 Å². The SMILES string of the molecule is CCNC(=NCC1CCN(CCc2ccccc2)C1)NC1CCC(SC)C1.I. The van der Waals surface area contributed by atoms with E-state index in [0.717, 1.165) is 30.7 Å². The molecule has 158 valence electrons. The molecule has 0 radical (unpaired) electrons. The molecule has 3 rings (SSSR count). The molecule has 0 bridgehead atoms. The van der Waals surface area contributed by atoms with Crippen LogP contribution in [0.5, 0.6) is 0 Å². The summed E-state index contributed by atoms with van der Waals surface area (Å²) in [6.45, 7) is 7.59. The number of nitrogens with zero attached hydrogens (tertiary/aromatic N) is 2. The van der Waals surface area contributed by atoms with Crippen LogP contribution in [0.4, 0.5) is 0 Å². The van der Waals surface area contributed by atoms with Gasteiger partial charge < -0.3 is 15.5 Å². The zero-order valence-electron chi connectivity index (χ0n) is 17.4. The van der Waals surface area contributed by atoms with Crippen LogP contribution in [0.25, 0.3) is 0 Å². The van der Waals surface area contributed by atoms with Crippen LogP contribution >= 0.6 is 35.7 Å². The number of aliphatic imine (C=N–C) groups is 1. The first kappa shape index (κ1) is 23.8. The summed E-state index contributed by atoms with van der Waals surface area (Å²) < 4.78 is 0. The molecule has 1 aromatic rings. The van der Waals surface area contributed by atoms with Crippen molar-refractivity contribution in [2.45, 2.75) is 50.3 Å². The van der Waals surface area contributed by atoms with Gasteiger partial charge in [0.2, 0.25) is 0 Å². The van der Waals surface area contributed by atoms with Crippen LogP contribution in [-0.4, -0.2) is 61.1 Å². The summed E-state index contributed by atoms with van der Waals surface area (Å²) in [6, 6.07) is 11.4. The standard InChI is InChI=1S/C22H36N4S.HI/c1-3-23-22(25-20-9-10-21(15-20)27-2)24-16-19-12-14-26(17-19)13-11-18-7-5-4-6-8-18;/h4-8,19-21H,3,9-17H2,1-2H3,(H2,23,24,25);1H. The third kappa shape index (κ3) is 7.75. The Balaban J connectivity index is 0.00000280. The second-order valence-electron chi connectivity index (χ2n) is 7.92. The smallest absolute Gasteiger partial charge is 0.191 e. The molecular formula is C22H37IN4S. The maximum absolute atomic E-state index is 4.92. The summed E-state index contributed by atoms with van der Waals surface area (Å²) >= 11 is 2.01. The lowest BCUT2D eigenvalue weighted by atomic mass is 10.1. The van der Waals surface area contributed by atoms with E-state index >= 15 is 0 Å². The maximum atomic E-state index is 4.92. The molecule has 1 aliphatic heterocycles. The van der Waals surface area contributed by atoms with E-state index in [0.29, 0.717) is 12.0 Å². The minimum absolute atomic E-state index is 0. The molecule has 2 fully saturated rings. The highest BCUT2D eigenvalue weighted by Crippen LogP contribution is 2.28. The molecule has 1 aliphatic carbocycles. The Kier molecular flexibility index (Phi) is 11.0. The van der Waals surface area contributed by atoms with E-state index in [9.17, 15) is 0 Å². The first-order valence-corrected chi connectivity index (χ1v) is 11.9. The molecule has 4 nitrogen and oxygen atoms in total. The van der Waals surface area contributed by atoms with Crippen molar-refractivity contribution in [1.29, 1.82) is 0 Å². The van der Waals surface area contributed by atoms with Gasteiger partial charge in [0.05, 0.1) is 0 Å². The molecular weight excluding hydrogens is 479 g/mol. The predicted molar refractivity (Wildman–Crippen MR) is 134 cm³/mol. The molecule has 1 aromatic carbocycles. The van der Waals surface area contributed by atoms with Crippen molar-refractivity contribution < 1.29 is 0 Å². The third-order valence-corrected chi connectivity index (χ3v) is 6.93. The van der Waals surface area contributed by atoms with Crippen molar-refractivity contribution in [3.8, 4) is 0 Å². The molecule has 2 aliphatic rings. The second-order valence-corrected chi connectivity index (χ2v) is 9.06. The first-order chi connectivity index (χ1) is 13.3. The van der Waals surface area contributed by atoms with Gasteiger partial charge in [0.15, 0.2) is 5.96 Å². The Morgan fingerprint density at radius 2 is 2.04 bits per heavy atom. The monoisotopic (exact) mass is 516 g/mol. The molecule has 3 atom stereocenters. The molecule has 1 saturated heterocycles. The molecule has 0 spiro atoms. The summed E-state index contributed by atoms with van der Waals surface area (Å²) in [5.74, 6) is 1.71. The minimum Gasteiger partial charge on any atom is -0.357 e. The minimum atomic E-state index is 0. The van der Waals surface area contributed by atoms with Gasteiger partial charge in [0.25, 0.3) is 0 Å². The number of thioether (sulfide) groups is 1. The lowest BCUT2D eigenvalue weighted by Gasteiger charge is -2.18. The van der Waals surface area contributed by atoms with Gasteiger partial charge in [-0.25, -0.2) is 0 Å². The average Bonchev–Trinajstić information content (AvgIpc) is 3.34. The van der Waals surface area contributed by atoms with Crippen molar-refractivity contribution in [3.05, 3.63) is 35.9 Å². The Morgan fingerprint density at radius 3 is 2.75 bits per heavy atom. The quantitative estimate of drug-likeness (QED) is 0.311. The largest absolute Gasteiger partial charge is 0.357 e. The van der Waals surface area contributed by atoms with E-state index in [1.807, 2.05) is 11.8 Å². The average molecular weight is 517 g/mol. The zero-order chi connectivity index (χ0) is 18.9. The number of likely N-dealkylation sites (tertiary alicyclic amines) is 1. The number of hydrogen-bond acceptors (Lipinski definition) is 3. The molecule has 0 amide bonds. The van der Waals surface area contributed by atoms with E-state index in [4.69, 9.17) is 4.99 Å². The van der Waals surface area contributed by atoms with E-state index in [2.05, 4.69) is 59.0 Å². The summed E-state index contributed by atoms with van der Waals surface area (Å²) in [5, 5.41) is 7.94. The van der Waals surface area contributed by atoms with Gasteiger partial charge in [-0.15, -0.1) is 24.0 Å². The fourth-order valence-electron chi connectivity index (χ4n) is 4.22. The maximum Gasteiger partial charge on any atom is 0.191 e. The fourth-order valence-corrected chi connectivity index (χ4v) is 5.01. The highest BCUT2D eigenvalue weighted by atomic mass is 127. The van der Waals surface area contributed by atoms with E-state index in [1.165, 1.54) is 50.9 Å². The van der Waals surface area contributed by atoms with Gasteiger partial charge in [-0.1, -0.05) is 30.3 Å². The van der Waals surface area contributed by atoms with Gasteiger partial charge in [-0.3, -0.25) is 4.99 Å². The van der Waals surface area contributed by atoms with Crippen LogP contribution in [0.1, 0.15) is 38.2 Å². The highest BCUT2D eigenvalue weighted by Gasteiger charge is 2.25.